The van der Waals surface area contributed by atoms with Crippen LogP contribution in [0.15, 0.2) is 42.0 Å². The number of likely N-dealkylation sites (tertiary alicyclic amines) is 1. The first kappa shape index (κ1) is 26.9. The topological polar surface area (TPSA) is 97.8 Å². The van der Waals surface area contributed by atoms with E-state index in [1.807, 2.05) is 25.9 Å². The molecule has 1 heterocycles. The predicted molar refractivity (Wildman–Crippen MR) is 136 cm³/mol. The highest BCUT2D eigenvalue weighted by Gasteiger charge is 2.46. The van der Waals surface area contributed by atoms with Crippen LogP contribution in [0.25, 0.3) is 5.76 Å². The number of benzene rings is 2. The minimum Gasteiger partial charge on any atom is -0.507 e. The lowest BCUT2D eigenvalue weighted by molar-refractivity contribution is -0.139. The lowest BCUT2D eigenvalue weighted by Crippen LogP contribution is -2.32. The van der Waals surface area contributed by atoms with Crippen LogP contribution in [0, 0.1) is 0 Å². The van der Waals surface area contributed by atoms with Gasteiger partial charge < -0.3 is 33.9 Å². The highest BCUT2D eigenvalue weighted by atomic mass is 16.5. The number of Topliss-reactive ketones (excluding diaryl/α,β-unsaturated/α-hetero) is 1. The van der Waals surface area contributed by atoms with Crippen LogP contribution in [0.2, 0.25) is 0 Å². The minimum absolute atomic E-state index is 0.0143. The first-order chi connectivity index (χ1) is 17.3. The molecule has 1 atom stereocenters. The van der Waals surface area contributed by atoms with Gasteiger partial charge in [-0.3, -0.25) is 9.59 Å². The van der Waals surface area contributed by atoms with Crippen LogP contribution in [-0.2, 0) is 9.59 Å². The number of aliphatic hydroxyl groups is 1. The summed E-state index contributed by atoms with van der Waals surface area (Å²) >= 11 is 0. The maximum atomic E-state index is 13.3. The summed E-state index contributed by atoms with van der Waals surface area (Å²) < 4.78 is 21.8. The lowest BCUT2D eigenvalue weighted by Gasteiger charge is -2.26. The third-order valence-corrected chi connectivity index (χ3v) is 6.01. The van der Waals surface area contributed by atoms with Crippen molar-refractivity contribution < 1.29 is 33.6 Å². The van der Waals surface area contributed by atoms with Gasteiger partial charge in [-0.15, -0.1) is 0 Å². The van der Waals surface area contributed by atoms with E-state index in [2.05, 4.69) is 0 Å². The first-order valence-electron chi connectivity index (χ1n) is 11.7. The molecular weight excluding hydrogens is 464 g/mol. The van der Waals surface area contributed by atoms with E-state index in [0.717, 1.165) is 6.54 Å². The van der Waals surface area contributed by atoms with Gasteiger partial charge in [0.1, 0.15) is 17.3 Å². The lowest BCUT2D eigenvalue weighted by atomic mass is 9.94. The molecule has 0 radical (unpaired) electrons. The number of amides is 1. The fraction of sp³-hybridized carbons (Fsp3) is 0.407. The van der Waals surface area contributed by atoms with E-state index < -0.39 is 17.7 Å². The number of carbonyl (C=O) groups is 2. The molecule has 1 aliphatic heterocycles. The largest absolute Gasteiger partial charge is 0.507 e. The monoisotopic (exact) mass is 498 g/mol. The Bertz CT molecular complexity index is 1140. The number of carbonyl (C=O) groups excluding carboxylic acids is 2. The second-order valence-electron chi connectivity index (χ2n) is 8.56. The van der Waals surface area contributed by atoms with Gasteiger partial charge in [0.25, 0.3) is 11.7 Å². The van der Waals surface area contributed by atoms with Crippen molar-refractivity contribution in [2.24, 2.45) is 0 Å². The van der Waals surface area contributed by atoms with Crippen molar-refractivity contribution in [1.29, 1.82) is 0 Å². The Morgan fingerprint density at radius 1 is 0.972 bits per heavy atom. The van der Waals surface area contributed by atoms with Crippen molar-refractivity contribution in [2.45, 2.75) is 19.4 Å². The zero-order valence-corrected chi connectivity index (χ0v) is 21.7. The molecule has 1 amide bonds. The summed E-state index contributed by atoms with van der Waals surface area (Å²) in [6.07, 6.45) is 0.649. The van der Waals surface area contributed by atoms with Gasteiger partial charge in [-0.1, -0.05) is 6.07 Å². The number of ether oxygens (including phenoxy) is 4. The molecule has 194 valence electrons. The van der Waals surface area contributed by atoms with Crippen molar-refractivity contribution in [1.82, 2.24) is 9.80 Å². The van der Waals surface area contributed by atoms with E-state index >= 15 is 0 Å². The molecule has 1 fully saturated rings. The highest BCUT2D eigenvalue weighted by Crippen LogP contribution is 2.43. The third kappa shape index (κ3) is 5.41. The summed E-state index contributed by atoms with van der Waals surface area (Å²) in [6.45, 7) is 3.39. The molecule has 9 nitrogen and oxygen atoms in total. The Hall–Kier alpha value is -3.72. The van der Waals surface area contributed by atoms with E-state index in [-0.39, 0.29) is 16.9 Å². The van der Waals surface area contributed by atoms with Crippen molar-refractivity contribution in [2.75, 3.05) is 55.1 Å². The molecule has 0 bridgehead atoms. The van der Waals surface area contributed by atoms with Crippen LogP contribution >= 0.6 is 0 Å². The fourth-order valence-electron chi connectivity index (χ4n) is 4.28. The number of methoxy groups -OCH3 is 3. The molecule has 1 aliphatic rings. The molecule has 1 unspecified atom stereocenters. The molecule has 2 aromatic carbocycles. The van der Waals surface area contributed by atoms with E-state index in [4.69, 9.17) is 18.9 Å². The minimum atomic E-state index is -0.816. The van der Waals surface area contributed by atoms with Gasteiger partial charge in [-0.2, -0.15) is 0 Å². The van der Waals surface area contributed by atoms with Gasteiger partial charge in [0.05, 0.1) is 45.1 Å². The van der Waals surface area contributed by atoms with E-state index in [1.165, 1.54) is 26.2 Å². The van der Waals surface area contributed by atoms with Gasteiger partial charge in [-0.25, -0.2) is 0 Å². The molecule has 3 rings (SSSR count). The molecule has 0 spiro atoms. The highest BCUT2D eigenvalue weighted by molar-refractivity contribution is 6.46. The van der Waals surface area contributed by atoms with Crippen molar-refractivity contribution in [3.63, 3.8) is 0 Å². The summed E-state index contributed by atoms with van der Waals surface area (Å²) in [5.41, 5.74) is 0.889. The first-order valence-corrected chi connectivity index (χ1v) is 11.7. The molecule has 36 heavy (non-hydrogen) atoms. The molecule has 0 aromatic heterocycles. The smallest absolute Gasteiger partial charge is 0.295 e. The second kappa shape index (κ2) is 11.8. The van der Waals surface area contributed by atoms with E-state index in [9.17, 15) is 14.7 Å². The number of rotatable bonds is 11. The number of nitrogens with zero attached hydrogens (tertiary/aromatic N) is 2. The van der Waals surface area contributed by atoms with Crippen LogP contribution in [-0.4, -0.2) is 81.7 Å². The normalized spacial score (nSPS) is 17.0. The van der Waals surface area contributed by atoms with Crippen LogP contribution in [0.3, 0.4) is 0 Å². The molecule has 1 saturated heterocycles. The maximum Gasteiger partial charge on any atom is 0.295 e. The molecule has 9 heteroatoms. The third-order valence-electron chi connectivity index (χ3n) is 6.01. The van der Waals surface area contributed by atoms with Crippen LogP contribution < -0.4 is 18.9 Å². The molecule has 0 saturated carbocycles. The second-order valence-corrected chi connectivity index (χ2v) is 8.56. The van der Waals surface area contributed by atoms with Crippen molar-refractivity contribution in [3.8, 4) is 23.0 Å². The van der Waals surface area contributed by atoms with Gasteiger partial charge in [0, 0.05) is 12.6 Å². The van der Waals surface area contributed by atoms with Crippen LogP contribution in [0.1, 0.15) is 30.5 Å². The average molecular weight is 499 g/mol. The zero-order chi connectivity index (χ0) is 26.4. The van der Waals surface area contributed by atoms with Gasteiger partial charge in [0.2, 0.25) is 0 Å². The summed E-state index contributed by atoms with van der Waals surface area (Å²) in [6, 6.07) is 9.30. The molecular formula is C27H34N2O7. The Morgan fingerprint density at radius 2 is 1.69 bits per heavy atom. The number of aliphatic hydroxyl groups excluding tert-OH is 1. The molecule has 2 aromatic rings. The molecule has 0 aliphatic carbocycles. The fourth-order valence-corrected chi connectivity index (χ4v) is 4.28. The Kier molecular flexibility index (Phi) is 8.82. The summed E-state index contributed by atoms with van der Waals surface area (Å²) in [4.78, 5) is 30.0. The summed E-state index contributed by atoms with van der Waals surface area (Å²) in [5.74, 6) is 0.115. The maximum absolute atomic E-state index is 13.3. The average Bonchev–Trinajstić information content (AvgIpc) is 3.13. The van der Waals surface area contributed by atoms with Crippen LogP contribution in [0.5, 0.6) is 23.0 Å². The van der Waals surface area contributed by atoms with Crippen LogP contribution in [0.4, 0.5) is 0 Å². The Balaban J connectivity index is 2.19. The number of ketones is 1. The summed E-state index contributed by atoms with van der Waals surface area (Å²) in [7, 11) is 8.39. The van der Waals surface area contributed by atoms with Crippen molar-refractivity contribution >= 4 is 17.4 Å². The summed E-state index contributed by atoms with van der Waals surface area (Å²) in [5, 5.41) is 11.4. The molecule has 1 N–H and O–H groups in total. The SMILES string of the molecule is CCOc1ccc(C2/C(=C(\O)c3ccc(OC)cc3OC)C(=O)C(=O)N2CCCN(C)C)cc1OC. The van der Waals surface area contributed by atoms with Crippen molar-refractivity contribution in [3.05, 3.63) is 53.1 Å². The Labute approximate surface area is 211 Å². The zero-order valence-electron chi connectivity index (χ0n) is 21.7. The standard InChI is InChI=1S/C27H34N2O7/c1-7-36-20-12-9-17(15-22(20)35-6)24-23(26(31)27(32)29(24)14-8-13-28(2)3)25(30)19-11-10-18(33-4)16-21(19)34-5/h9-12,15-16,24,30H,7-8,13-14H2,1-6H3/b25-23+. The predicted octanol–water partition coefficient (Wildman–Crippen LogP) is 3.48. The number of hydrogen-bond acceptors (Lipinski definition) is 8. The van der Waals surface area contributed by atoms with Gasteiger partial charge in [-0.05, 0) is 63.8 Å². The quantitative estimate of drug-likeness (QED) is 0.286. The van der Waals surface area contributed by atoms with E-state index in [1.54, 1.807) is 36.4 Å². The van der Waals surface area contributed by atoms with Gasteiger partial charge >= 0.3 is 0 Å². The van der Waals surface area contributed by atoms with E-state index in [0.29, 0.717) is 48.1 Å². The number of hydrogen-bond donors (Lipinski definition) is 1. The Morgan fingerprint density at radius 3 is 2.31 bits per heavy atom. The van der Waals surface area contributed by atoms with Gasteiger partial charge in [0.15, 0.2) is 11.5 Å².